The number of carbonyl (C=O) groups is 2. The molecule has 0 aliphatic carbocycles. The second-order valence-electron chi connectivity index (χ2n) is 4.91. The minimum absolute atomic E-state index is 0.101. The molecule has 0 bridgehead atoms. The van der Waals surface area contributed by atoms with Crippen LogP contribution in [0, 0.1) is 5.41 Å². The molecule has 0 saturated carbocycles. The summed E-state index contributed by atoms with van der Waals surface area (Å²) in [6.45, 7) is 3.91. The lowest BCUT2D eigenvalue weighted by atomic mass is 9.73. The molecule has 0 spiro atoms. The molecule has 1 unspecified atom stereocenters. The molecule has 0 aromatic heterocycles. The highest BCUT2D eigenvalue weighted by Crippen LogP contribution is 2.44. The molecule has 5 nitrogen and oxygen atoms in total. The van der Waals surface area contributed by atoms with E-state index in [4.69, 9.17) is 14.2 Å². The van der Waals surface area contributed by atoms with Crippen molar-refractivity contribution in [3.05, 3.63) is 48.0 Å². The molecule has 1 fully saturated rings. The molecular formula is C16H18O5. The first kappa shape index (κ1) is 15.3. The van der Waals surface area contributed by atoms with E-state index in [0.29, 0.717) is 5.57 Å². The van der Waals surface area contributed by atoms with Crippen molar-refractivity contribution in [3.8, 4) is 0 Å². The molecule has 1 aliphatic heterocycles. The molecule has 2 rings (SSSR count). The maximum atomic E-state index is 12.2. The number of rotatable bonds is 3. The number of benzene rings is 1. The van der Waals surface area contributed by atoms with E-state index in [1.807, 2.05) is 30.3 Å². The highest BCUT2D eigenvalue weighted by atomic mass is 16.5. The van der Waals surface area contributed by atoms with Crippen LogP contribution < -0.4 is 0 Å². The van der Waals surface area contributed by atoms with E-state index in [0.717, 1.165) is 5.56 Å². The zero-order valence-electron chi connectivity index (χ0n) is 12.1. The standard InChI is InChI=1S/C16H18O5/c1-11-10-21-13(12-7-5-4-6-8-12)9-16(11,14(17)19-2)15(18)20-3/h4-8,13H,1,9-10H2,2-3H3. The van der Waals surface area contributed by atoms with Gasteiger partial charge in [-0.2, -0.15) is 0 Å². The van der Waals surface area contributed by atoms with Crippen LogP contribution in [0.3, 0.4) is 0 Å². The Bertz CT molecular complexity index is 519. The van der Waals surface area contributed by atoms with E-state index in [9.17, 15) is 9.59 Å². The fourth-order valence-electron chi connectivity index (χ4n) is 2.57. The summed E-state index contributed by atoms with van der Waals surface area (Å²) in [5.74, 6) is -1.33. The Labute approximate surface area is 123 Å². The van der Waals surface area contributed by atoms with E-state index in [-0.39, 0.29) is 13.0 Å². The lowest BCUT2D eigenvalue weighted by Gasteiger charge is -2.38. The molecule has 1 aliphatic rings. The third-order valence-electron chi connectivity index (χ3n) is 3.79. The zero-order chi connectivity index (χ0) is 15.5. The quantitative estimate of drug-likeness (QED) is 0.484. The Morgan fingerprint density at radius 2 is 1.76 bits per heavy atom. The number of esters is 2. The van der Waals surface area contributed by atoms with E-state index in [2.05, 4.69) is 6.58 Å². The predicted molar refractivity (Wildman–Crippen MR) is 75.4 cm³/mol. The monoisotopic (exact) mass is 290 g/mol. The van der Waals surface area contributed by atoms with Crippen LogP contribution in [0.2, 0.25) is 0 Å². The van der Waals surface area contributed by atoms with Gasteiger partial charge in [-0.25, -0.2) is 0 Å². The first-order valence-corrected chi connectivity index (χ1v) is 6.58. The molecule has 21 heavy (non-hydrogen) atoms. The fraction of sp³-hybridized carbons (Fsp3) is 0.375. The van der Waals surface area contributed by atoms with Crippen molar-refractivity contribution in [3.63, 3.8) is 0 Å². The zero-order valence-corrected chi connectivity index (χ0v) is 12.1. The van der Waals surface area contributed by atoms with Gasteiger partial charge in [0, 0.05) is 6.42 Å². The van der Waals surface area contributed by atoms with Crippen LogP contribution in [0.5, 0.6) is 0 Å². The van der Waals surface area contributed by atoms with Gasteiger partial charge in [-0.05, 0) is 11.1 Å². The topological polar surface area (TPSA) is 61.8 Å². The van der Waals surface area contributed by atoms with E-state index < -0.39 is 23.5 Å². The number of carbonyl (C=O) groups excluding carboxylic acids is 2. The van der Waals surface area contributed by atoms with Crippen molar-refractivity contribution in [2.24, 2.45) is 5.41 Å². The molecule has 1 aromatic carbocycles. The molecule has 0 amide bonds. The summed E-state index contributed by atoms with van der Waals surface area (Å²) in [7, 11) is 2.49. The second-order valence-corrected chi connectivity index (χ2v) is 4.91. The number of hydrogen-bond donors (Lipinski definition) is 0. The highest BCUT2D eigenvalue weighted by Gasteiger charge is 2.54. The molecule has 0 radical (unpaired) electrons. The summed E-state index contributed by atoms with van der Waals surface area (Å²) in [6.07, 6.45) is -0.273. The second kappa shape index (κ2) is 6.10. The van der Waals surface area contributed by atoms with Gasteiger partial charge in [0.15, 0.2) is 5.41 Å². The molecule has 0 N–H and O–H groups in total. The van der Waals surface area contributed by atoms with Crippen molar-refractivity contribution in [1.29, 1.82) is 0 Å². The van der Waals surface area contributed by atoms with Gasteiger partial charge in [-0.15, -0.1) is 0 Å². The summed E-state index contributed by atoms with van der Waals surface area (Å²) in [4.78, 5) is 24.5. The van der Waals surface area contributed by atoms with Gasteiger partial charge in [0.1, 0.15) is 0 Å². The highest BCUT2D eigenvalue weighted by molar-refractivity contribution is 6.03. The lowest BCUT2D eigenvalue weighted by molar-refractivity contribution is -0.172. The SMILES string of the molecule is C=C1COC(c2ccccc2)CC1(C(=O)OC)C(=O)OC. The maximum absolute atomic E-state index is 12.2. The molecular weight excluding hydrogens is 272 g/mol. The van der Waals surface area contributed by atoms with Crippen molar-refractivity contribution in [1.82, 2.24) is 0 Å². The van der Waals surface area contributed by atoms with Crippen molar-refractivity contribution in [2.75, 3.05) is 20.8 Å². The summed E-state index contributed by atoms with van der Waals surface area (Å²) in [6, 6.07) is 9.41. The van der Waals surface area contributed by atoms with Gasteiger partial charge in [-0.1, -0.05) is 36.9 Å². The Kier molecular flexibility index (Phi) is 4.43. The lowest BCUT2D eigenvalue weighted by Crippen LogP contribution is -2.47. The van der Waals surface area contributed by atoms with Crippen LogP contribution in [0.1, 0.15) is 18.1 Å². The summed E-state index contributed by atoms with van der Waals surface area (Å²) in [5.41, 5.74) is -0.266. The predicted octanol–water partition coefficient (Wildman–Crippen LogP) is 2.04. The summed E-state index contributed by atoms with van der Waals surface area (Å²) >= 11 is 0. The minimum Gasteiger partial charge on any atom is -0.468 e. The van der Waals surface area contributed by atoms with Gasteiger partial charge in [-0.3, -0.25) is 9.59 Å². The molecule has 112 valence electrons. The summed E-state index contributed by atoms with van der Waals surface area (Å²) in [5, 5.41) is 0. The number of ether oxygens (including phenoxy) is 3. The maximum Gasteiger partial charge on any atom is 0.327 e. The fourth-order valence-corrected chi connectivity index (χ4v) is 2.57. The molecule has 1 atom stereocenters. The van der Waals surface area contributed by atoms with E-state index in [1.165, 1.54) is 14.2 Å². The molecule has 5 heteroatoms. The largest absolute Gasteiger partial charge is 0.468 e. The summed E-state index contributed by atoms with van der Waals surface area (Å²) < 4.78 is 15.3. The third kappa shape index (κ3) is 2.56. The van der Waals surface area contributed by atoms with E-state index in [1.54, 1.807) is 0 Å². The van der Waals surface area contributed by atoms with Gasteiger partial charge in [0.05, 0.1) is 26.9 Å². The van der Waals surface area contributed by atoms with Gasteiger partial charge in [0.25, 0.3) is 0 Å². The van der Waals surface area contributed by atoms with Crippen LogP contribution in [-0.4, -0.2) is 32.8 Å². The third-order valence-corrected chi connectivity index (χ3v) is 3.79. The average molecular weight is 290 g/mol. The van der Waals surface area contributed by atoms with Crippen LogP contribution >= 0.6 is 0 Å². The van der Waals surface area contributed by atoms with E-state index >= 15 is 0 Å². The van der Waals surface area contributed by atoms with Gasteiger partial charge in [0.2, 0.25) is 0 Å². The number of methoxy groups -OCH3 is 2. The molecule has 1 saturated heterocycles. The van der Waals surface area contributed by atoms with Crippen molar-refractivity contribution < 1.29 is 23.8 Å². The van der Waals surface area contributed by atoms with Crippen LogP contribution in [0.15, 0.2) is 42.5 Å². The van der Waals surface area contributed by atoms with Crippen LogP contribution in [-0.2, 0) is 23.8 Å². The molecule has 1 aromatic rings. The smallest absolute Gasteiger partial charge is 0.327 e. The molecule has 1 heterocycles. The first-order chi connectivity index (χ1) is 10.1. The van der Waals surface area contributed by atoms with Crippen LogP contribution in [0.25, 0.3) is 0 Å². The van der Waals surface area contributed by atoms with Gasteiger partial charge < -0.3 is 14.2 Å². The van der Waals surface area contributed by atoms with Crippen LogP contribution in [0.4, 0.5) is 0 Å². The van der Waals surface area contributed by atoms with Gasteiger partial charge >= 0.3 is 11.9 Å². The first-order valence-electron chi connectivity index (χ1n) is 6.58. The Morgan fingerprint density at radius 1 is 1.19 bits per heavy atom. The van der Waals surface area contributed by atoms with Crippen molar-refractivity contribution >= 4 is 11.9 Å². The Hall–Kier alpha value is -2.14. The number of hydrogen-bond acceptors (Lipinski definition) is 5. The minimum atomic E-state index is -1.51. The average Bonchev–Trinajstić information content (AvgIpc) is 2.54. The van der Waals surface area contributed by atoms with Crippen molar-refractivity contribution in [2.45, 2.75) is 12.5 Å². The Balaban J connectivity index is 2.40. The Morgan fingerprint density at radius 3 is 2.29 bits per heavy atom. The normalized spacial score (nSPS) is 20.7.